The first-order valence-corrected chi connectivity index (χ1v) is 8.52. The fourth-order valence-corrected chi connectivity index (χ4v) is 3.94. The molecule has 0 spiro atoms. The van der Waals surface area contributed by atoms with Crippen molar-refractivity contribution in [3.8, 4) is 0 Å². The lowest BCUT2D eigenvalue weighted by Crippen LogP contribution is -2.36. The fourth-order valence-electron chi connectivity index (χ4n) is 3.05. The van der Waals surface area contributed by atoms with Crippen LogP contribution in [0.5, 0.6) is 0 Å². The summed E-state index contributed by atoms with van der Waals surface area (Å²) < 4.78 is 6.73. The molecular weight excluding hydrogens is 312 g/mol. The van der Waals surface area contributed by atoms with Crippen molar-refractivity contribution in [2.45, 2.75) is 25.9 Å². The molecule has 3 aromatic rings. The van der Waals surface area contributed by atoms with E-state index in [9.17, 15) is 9.59 Å². The van der Waals surface area contributed by atoms with Crippen molar-refractivity contribution in [3.05, 3.63) is 56.7 Å². The highest BCUT2D eigenvalue weighted by Gasteiger charge is 2.21. The van der Waals surface area contributed by atoms with Crippen LogP contribution in [0.1, 0.15) is 16.9 Å². The minimum atomic E-state index is -0.405. The largest absolute Gasteiger partial charge is 0.419 e. The molecule has 23 heavy (non-hydrogen) atoms. The summed E-state index contributed by atoms with van der Waals surface area (Å²) in [5.41, 5.74) is 2.55. The lowest BCUT2D eigenvalue weighted by Gasteiger charge is -2.27. The van der Waals surface area contributed by atoms with Crippen LogP contribution in [0, 0.1) is 0 Å². The summed E-state index contributed by atoms with van der Waals surface area (Å²) in [6, 6.07) is 9.37. The molecule has 1 aliphatic heterocycles. The number of benzene rings is 1. The van der Waals surface area contributed by atoms with E-state index in [1.165, 1.54) is 15.0 Å². The molecule has 1 aliphatic rings. The van der Waals surface area contributed by atoms with Gasteiger partial charge in [-0.1, -0.05) is 12.1 Å². The Labute approximate surface area is 136 Å². The molecule has 2 aromatic heterocycles. The number of carbonyl (C=O) groups excluding carboxylic acids is 1. The van der Waals surface area contributed by atoms with Crippen LogP contribution in [0.4, 0.5) is 0 Å². The van der Waals surface area contributed by atoms with E-state index in [-0.39, 0.29) is 5.91 Å². The van der Waals surface area contributed by atoms with Crippen LogP contribution in [0.15, 0.2) is 44.9 Å². The van der Waals surface area contributed by atoms with Crippen LogP contribution in [-0.2, 0) is 24.3 Å². The smallest absolute Gasteiger partial charge is 0.408 e. The standard InChI is InChI=1S/C17H16N2O3S/c20-16(18-8-5-15-12(11-18)7-10-23-15)6-9-19-13-3-1-2-4-14(13)22-17(19)21/h1-4,7,10H,5-6,8-9,11H2. The van der Waals surface area contributed by atoms with Crippen molar-refractivity contribution in [1.29, 1.82) is 0 Å². The zero-order chi connectivity index (χ0) is 15.8. The maximum atomic E-state index is 12.5. The summed E-state index contributed by atoms with van der Waals surface area (Å²) >= 11 is 1.76. The third kappa shape index (κ3) is 2.59. The van der Waals surface area contributed by atoms with Gasteiger partial charge in [0.15, 0.2) is 5.58 Å². The molecule has 118 valence electrons. The zero-order valence-electron chi connectivity index (χ0n) is 12.5. The number of aromatic nitrogens is 1. The number of amides is 1. The van der Waals surface area contributed by atoms with E-state index in [4.69, 9.17) is 4.42 Å². The van der Waals surface area contributed by atoms with Gasteiger partial charge >= 0.3 is 5.76 Å². The second kappa shape index (κ2) is 5.70. The van der Waals surface area contributed by atoms with Gasteiger partial charge in [0.2, 0.25) is 5.91 Å². The van der Waals surface area contributed by atoms with E-state index >= 15 is 0 Å². The van der Waals surface area contributed by atoms with Gasteiger partial charge in [0.05, 0.1) is 5.52 Å². The predicted octanol–water partition coefficient (Wildman–Crippen LogP) is 2.63. The summed E-state index contributed by atoms with van der Waals surface area (Å²) in [5, 5.41) is 2.08. The van der Waals surface area contributed by atoms with Crippen LogP contribution >= 0.6 is 11.3 Å². The molecule has 0 aliphatic carbocycles. The number of oxazole rings is 1. The summed E-state index contributed by atoms with van der Waals surface area (Å²) in [5.74, 6) is -0.322. The monoisotopic (exact) mass is 328 g/mol. The second-order valence-corrected chi connectivity index (χ2v) is 6.67. The molecule has 0 fully saturated rings. The van der Waals surface area contributed by atoms with E-state index < -0.39 is 5.76 Å². The maximum absolute atomic E-state index is 12.5. The highest BCUT2D eigenvalue weighted by Crippen LogP contribution is 2.24. The minimum absolute atomic E-state index is 0.0824. The first-order chi connectivity index (χ1) is 11.2. The van der Waals surface area contributed by atoms with E-state index in [0.29, 0.717) is 25.1 Å². The molecule has 1 amide bonds. The third-order valence-electron chi connectivity index (χ3n) is 4.28. The Morgan fingerprint density at radius 2 is 2.13 bits per heavy atom. The molecule has 0 saturated heterocycles. The maximum Gasteiger partial charge on any atom is 0.419 e. The van der Waals surface area contributed by atoms with Gasteiger partial charge in [0.1, 0.15) is 0 Å². The molecule has 0 bridgehead atoms. The number of thiophene rings is 1. The Balaban J connectivity index is 1.47. The summed E-state index contributed by atoms with van der Waals surface area (Å²) in [4.78, 5) is 27.6. The SMILES string of the molecule is O=C(CCn1c(=O)oc2ccccc21)N1CCc2sccc2C1. The third-order valence-corrected chi connectivity index (χ3v) is 5.31. The normalized spacial score (nSPS) is 14.2. The number of para-hydroxylation sites is 2. The van der Waals surface area contributed by atoms with E-state index in [1.54, 1.807) is 17.4 Å². The summed E-state index contributed by atoms with van der Waals surface area (Å²) in [6.45, 7) is 1.79. The highest BCUT2D eigenvalue weighted by atomic mass is 32.1. The van der Waals surface area contributed by atoms with Gasteiger partial charge in [-0.2, -0.15) is 0 Å². The number of carbonyl (C=O) groups is 1. The average molecular weight is 328 g/mol. The Bertz CT molecular complexity index is 921. The first kappa shape index (κ1) is 14.3. The van der Waals surface area contributed by atoms with Crippen molar-refractivity contribution in [2.24, 2.45) is 0 Å². The number of nitrogens with zero attached hydrogens (tertiary/aromatic N) is 2. The van der Waals surface area contributed by atoms with Gasteiger partial charge in [-0.15, -0.1) is 11.3 Å². The van der Waals surface area contributed by atoms with E-state index in [2.05, 4.69) is 11.4 Å². The first-order valence-electron chi connectivity index (χ1n) is 7.64. The van der Waals surface area contributed by atoms with E-state index in [0.717, 1.165) is 18.5 Å². The predicted molar refractivity (Wildman–Crippen MR) is 88.5 cm³/mol. The molecule has 0 radical (unpaired) electrons. The molecule has 0 unspecified atom stereocenters. The topological polar surface area (TPSA) is 55.5 Å². The highest BCUT2D eigenvalue weighted by molar-refractivity contribution is 7.10. The number of fused-ring (bicyclic) bond motifs is 2. The average Bonchev–Trinajstić information content (AvgIpc) is 3.15. The minimum Gasteiger partial charge on any atom is -0.408 e. The van der Waals surface area contributed by atoms with E-state index in [1.807, 2.05) is 23.1 Å². The Kier molecular flexibility index (Phi) is 3.53. The van der Waals surface area contributed by atoms with Crippen molar-refractivity contribution in [1.82, 2.24) is 9.47 Å². The van der Waals surface area contributed by atoms with Gasteiger partial charge in [-0.05, 0) is 35.6 Å². The molecule has 0 saturated carbocycles. The van der Waals surface area contributed by atoms with Crippen LogP contribution in [0.2, 0.25) is 0 Å². The van der Waals surface area contributed by atoms with Gasteiger partial charge in [-0.25, -0.2) is 4.79 Å². The Morgan fingerprint density at radius 1 is 1.26 bits per heavy atom. The number of rotatable bonds is 3. The molecule has 4 rings (SSSR count). The van der Waals surface area contributed by atoms with Crippen LogP contribution in [0.25, 0.3) is 11.1 Å². The van der Waals surface area contributed by atoms with Crippen molar-refractivity contribution < 1.29 is 9.21 Å². The number of aryl methyl sites for hydroxylation is 1. The molecular formula is C17H16N2O3S. The molecule has 5 nitrogen and oxygen atoms in total. The molecule has 6 heteroatoms. The quantitative estimate of drug-likeness (QED) is 0.743. The molecule has 0 atom stereocenters. The Morgan fingerprint density at radius 3 is 3.04 bits per heavy atom. The van der Waals surface area contributed by atoms with Crippen molar-refractivity contribution in [2.75, 3.05) is 6.54 Å². The van der Waals surface area contributed by atoms with Gasteiger partial charge < -0.3 is 9.32 Å². The lowest BCUT2D eigenvalue weighted by atomic mass is 10.1. The lowest BCUT2D eigenvalue weighted by molar-refractivity contribution is -0.132. The fraction of sp³-hybridized carbons (Fsp3) is 0.294. The molecule has 1 aromatic carbocycles. The summed E-state index contributed by atoms with van der Waals surface area (Å²) in [7, 11) is 0. The van der Waals surface area contributed by atoms with Crippen molar-refractivity contribution >= 4 is 28.3 Å². The van der Waals surface area contributed by atoms with Crippen LogP contribution < -0.4 is 5.76 Å². The number of hydrogen-bond donors (Lipinski definition) is 0. The zero-order valence-corrected chi connectivity index (χ0v) is 13.3. The number of hydrogen-bond acceptors (Lipinski definition) is 4. The summed E-state index contributed by atoms with van der Waals surface area (Å²) in [6.07, 6.45) is 1.23. The van der Waals surface area contributed by atoms with Gasteiger partial charge in [0, 0.05) is 30.9 Å². The van der Waals surface area contributed by atoms with Gasteiger partial charge in [-0.3, -0.25) is 9.36 Å². The van der Waals surface area contributed by atoms with Crippen LogP contribution in [0.3, 0.4) is 0 Å². The van der Waals surface area contributed by atoms with Crippen molar-refractivity contribution in [3.63, 3.8) is 0 Å². The molecule has 3 heterocycles. The van der Waals surface area contributed by atoms with Gasteiger partial charge in [0.25, 0.3) is 0 Å². The van der Waals surface area contributed by atoms with Crippen LogP contribution in [-0.4, -0.2) is 21.9 Å². The second-order valence-electron chi connectivity index (χ2n) is 5.67. The molecule has 0 N–H and O–H groups in total. The Hall–Kier alpha value is -2.34.